The first-order chi connectivity index (χ1) is 7.61. The average molecular weight is 263 g/mol. The summed E-state index contributed by atoms with van der Waals surface area (Å²) in [5, 5.41) is 0. The van der Waals surface area contributed by atoms with Crippen molar-refractivity contribution in [3.63, 3.8) is 0 Å². The van der Waals surface area contributed by atoms with Gasteiger partial charge in [0, 0.05) is 11.1 Å². The third-order valence-corrected chi connectivity index (χ3v) is 3.93. The van der Waals surface area contributed by atoms with Crippen molar-refractivity contribution in [1.82, 2.24) is 0 Å². The van der Waals surface area contributed by atoms with Crippen LogP contribution in [-0.2, 0) is 15.6 Å². The van der Waals surface area contributed by atoms with Crippen LogP contribution in [0.4, 0.5) is 8.78 Å². The zero-order valence-corrected chi connectivity index (χ0v) is 10.5. The third-order valence-electron chi connectivity index (χ3n) is 2.02. The van der Waals surface area contributed by atoms with Crippen molar-refractivity contribution >= 4 is 9.84 Å². The Morgan fingerprint density at radius 2 is 1.71 bits per heavy atom. The van der Waals surface area contributed by atoms with E-state index in [0.29, 0.717) is 0 Å². The highest BCUT2D eigenvalue weighted by Gasteiger charge is 2.24. The molecular weight excluding hydrogens is 248 g/mol. The van der Waals surface area contributed by atoms with Crippen LogP contribution in [0.3, 0.4) is 0 Å². The van der Waals surface area contributed by atoms with Crippen LogP contribution in [0.5, 0.6) is 0 Å². The van der Waals surface area contributed by atoms with Crippen LogP contribution in [-0.4, -0.2) is 19.7 Å². The van der Waals surface area contributed by atoms with E-state index in [4.69, 9.17) is 5.73 Å². The van der Waals surface area contributed by atoms with Crippen molar-refractivity contribution < 1.29 is 17.2 Å². The number of hydrogen-bond acceptors (Lipinski definition) is 3. The first-order valence-electron chi connectivity index (χ1n) is 5.03. The fourth-order valence-corrected chi connectivity index (χ4v) is 3.46. The van der Waals surface area contributed by atoms with Crippen LogP contribution < -0.4 is 5.73 Å². The summed E-state index contributed by atoms with van der Waals surface area (Å²) in [4.78, 5) is 0. The summed E-state index contributed by atoms with van der Waals surface area (Å²) >= 11 is 0. The van der Waals surface area contributed by atoms with E-state index in [2.05, 4.69) is 0 Å². The molecule has 0 radical (unpaired) electrons. The van der Waals surface area contributed by atoms with E-state index in [1.165, 1.54) is 6.07 Å². The molecule has 0 heterocycles. The Labute approximate surface area is 99.6 Å². The molecule has 0 aliphatic carbocycles. The van der Waals surface area contributed by atoms with Crippen LogP contribution in [0.2, 0.25) is 0 Å². The van der Waals surface area contributed by atoms with Gasteiger partial charge in [-0.1, -0.05) is 6.07 Å². The fraction of sp³-hybridized carbons (Fsp3) is 0.455. The van der Waals surface area contributed by atoms with Gasteiger partial charge in [-0.05, 0) is 26.0 Å². The van der Waals surface area contributed by atoms with Gasteiger partial charge in [-0.15, -0.1) is 0 Å². The summed E-state index contributed by atoms with van der Waals surface area (Å²) < 4.78 is 50.0. The highest BCUT2D eigenvalue weighted by atomic mass is 32.2. The van der Waals surface area contributed by atoms with Gasteiger partial charge in [0.05, 0.1) is 11.5 Å². The van der Waals surface area contributed by atoms with E-state index >= 15 is 0 Å². The largest absolute Gasteiger partial charge is 0.325 e. The molecule has 6 heteroatoms. The van der Waals surface area contributed by atoms with Crippen molar-refractivity contribution in [3.05, 3.63) is 35.4 Å². The number of benzene rings is 1. The van der Waals surface area contributed by atoms with Crippen LogP contribution in [0, 0.1) is 11.6 Å². The molecule has 0 atom stereocenters. The molecule has 1 aromatic rings. The quantitative estimate of drug-likeness (QED) is 0.898. The van der Waals surface area contributed by atoms with E-state index < -0.39 is 38.3 Å². The van der Waals surface area contributed by atoms with Gasteiger partial charge in [-0.25, -0.2) is 17.2 Å². The van der Waals surface area contributed by atoms with Crippen LogP contribution in [0.15, 0.2) is 18.2 Å². The molecular formula is C11H15F2NO2S. The lowest BCUT2D eigenvalue weighted by Gasteiger charge is -2.18. The number of rotatable bonds is 4. The Kier molecular flexibility index (Phi) is 3.88. The topological polar surface area (TPSA) is 60.2 Å². The third kappa shape index (κ3) is 4.40. The van der Waals surface area contributed by atoms with Gasteiger partial charge in [0.15, 0.2) is 9.84 Å². The average Bonchev–Trinajstić information content (AvgIpc) is 2.07. The van der Waals surface area contributed by atoms with Crippen molar-refractivity contribution in [2.24, 2.45) is 5.73 Å². The minimum Gasteiger partial charge on any atom is -0.325 e. The lowest BCUT2D eigenvalue weighted by Crippen LogP contribution is -2.40. The van der Waals surface area contributed by atoms with E-state index in [-0.39, 0.29) is 5.75 Å². The van der Waals surface area contributed by atoms with Gasteiger partial charge in [-0.3, -0.25) is 0 Å². The molecule has 0 saturated carbocycles. The molecule has 1 rings (SSSR count). The first kappa shape index (κ1) is 14.1. The number of halogens is 2. The SMILES string of the molecule is CC(C)(N)CS(=O)(=O)Cc1c(F)cccc1F. The van der Waals surface area contributed by atoms with Crippen molar-refractivity contribution in [1.29, 1.82) is 0 Å². The van der Waals surface area contributed by atoms with E-state index in [0.717, 1.165) is 12.1 Å². The molecule has 1 aromatic carbocycles. The second-order valence-corrected chi connectivity index (χ2v) is 6.79. The second kappa shape index (κ2) is 4.70. The monoisotopic (exact) mass is 263 g/mol. The maximum atomic E-state index is 13.3. The van der Waals surface area contributed by atoms with E-state index in [1.807, 2.05) is 0 Å². The normalized spacial score (nSPS) is 12.8. The van der Waals surface area contributed by atoms with Gasteiger partial charge in [0.1, 0.15) is 11.6 Å². The Morgan fingerprint density at radius 1 is 1.24 bits per heavy atom. The number of nitrogens with two attached hydrogens (primary N) is 1. The maximum absolute atomic E-state index is 13.3. The zero-order chi connectivity index (χ0) is 13.3. The molecule has 0 aliphatic heterocycles. The van der Waals surface area contributed by atoms with Crippen molar-refractivity contribution in [2.45, 2.75) is 25.1 Å². The van der Waals surface area contributed by atoms with Gasteiger partial charge in [0.2, 0.25) is 0 Å². The van der Waals surface area contributed by atoms with Crippen molar-refractivity contribution in [2.75, 3.05) is 5.75 Å². The zero-order valence-electron chi connectivity index (χ0n) is 9.70. The Bertz CT molecular complexity index is 486. The molecule has 0 bridgehead atoms. The molecule has 0 unspecified atom stereocenters. The lowest BCUT2D eigenvalue weighted by molar-refractivity contribution is 0.534. The second-order valence-electron chi connectivity index (χ2n) is 4.72. The fourth-order valence-electron chi connectivity index (χ4n) is 1.51. The molecule has 0 fully saturated rings. The smallest absolute Gasteiger partial charge is 0.156 e. The predicted octanol–water partition coefficient (Wildman–Crippen LogP) is 1.62. The molecule has 0 aromatic heterocycles. The summed E-state index contributed by atoms with van der Waals surface area (Å²) in [5.41, 5.74) is 4.22. The summed E-state index contributed by atoms with van der Waals surface area (Å²) in [7, 11) is -3.64. The molecule has 0 aliphatic rings. The molecule has 2 N–H and O–H groups in total. The summed E-state index contributed by atoms with van der Waals surface area (Å²) in [5.74, 6) is -2.72. The van der Waals surface area contributed by atoms with Crippen molar-refractivity contribution in [3.8, 4) is 0 Å². The molecule has 0 spiro atoms. The molecule has 0 saturated heterocycles. The minimum absolute atomic E-state index is 0.326. The summed E-state index contributed by atoms with van der Waals surface area (Å²) in [6.07, 6.45) is 0. The first-order valence-corrected chi connectivity index (χ1v) is 6.85. The summed E-state index contributed by atoms with van der Waals surface area (Å²) in [6, 6.07) is 3.25. The molecule has 96 valence electrons. The molecule has 17 heavy (non-hydrogen) atoms. The number of hydrogen-bond donors (Lipinski definition) is 1. The van der Waals surface area contributed by atoms with Crippen LogP contribution in [0.1, 0.15) is 19.4 Å². The Morgan fingerprint density at radius 3 is 2.12 bits per heavy atom. The highest BCUT2D eigenvalue weighted by Crippen LogP contribution is 2.17. The molecule has 0 amide bonds. The minimum atomic E-state index is -3.64. The maximum Gasteiger partial charge on any atom is 0.156 e. The van der Waals surface area contributed by atoms with Crippen LogP contribution >= 0.6 is 0 Å². The van der Waals surface area contributed by atoms with Gasteiger partial charge >= 0.3 is 0 Å². The highest BCUT2D eigenvalue weighted by molar-refractivity contribution is 7.90. The van der Waals surface area contributed by atoms with Gasteiger partial charge in [0.25, 0.3) is 0 Å². The number of sulfone groups is 1. The van der Waals surface area contributed by atoms with Gasteiger partial charge in [-0.2, -0.15) is 0 Å². The van der Waals surface area contributed by atoms with Crippen LogP contribution in [0.25, 0.3) is 0 Å². The Hall–Kier alpha value is -1.01. The predicted molar refractivity (Wildman–Crippen MR) is 62.1 cm³/mol. The molecule has 3 nitrogen and oxygen atoms in total. The van der Waals surface area contributed by atoms with Gasteiger partial charge < -0.3 is 5.73 Å². The Balaban J connectivity index is 2.99. The van der Waals surface area contributed by atoms with E-state index in [1.54, 1.807) is 13.8 Å². The summed E-state index contributed by atoms with van der Waals surface area (Å²) in [6.45, 7) is 3.09. The standard InChI is InChI=1S/C11H15F2NO2S/c1-11(2,14)7-17(15,16)6-8-9(12)4-3-5-10(8)13/h3-5H,6-7,14H2,1-2H3. The van der Waals surface area contributed by atoms with E-state index in [9.17, 15) is 17.2 Å². The lowest BCUT2D eigenvalue weighted by atomic mass is 10.1.